The summed E-state index contributed by atoms with van der Waals surface area (Å²) in [6, 6.07) is 9.18. The quantitative estimate of drug-likeness (QED) is 0.611. The lowest BCUT2D eigenvalue weighted by Crippen LogP contribution is -2.08. The van der Waals surface area contributed by atoms with Gasteiger partial charge in [-0.2, -0.15) is 10.2 Å². The van der Waals surface area contributed by atoms with Gasteiger partial charge in [0.25, 0.3) is 6.43 Å². The Balaban J connectivity index is 1.95. The van der Waals surface area contributed by atoms with Gasteiger partial charge in [0.15, 0.2) is 5.69 Å². The molecule has 1 aromatic carbocycles. The Hall–Kier alpha value is -3.54. The third kappa shape index (κ3) is 2.43. The van der Waals surface area contributed by atoms with Crippen LogP contribution in [0.2, 0.25) is 0 Å². The van der Waals surface area contributed by atoms with E-state index in [9.17, 15) is 14.0 Å². The van der Waals surface area contributed by atoms with E-state index in [1.165, 1.54) is 9.08 Å². The molecule has 0 amide bonds. The highest BCUT2D eigenvalue weighted by atomic mass is 19.3. The molecule has 0 saturated heterocycles. The van der Waals surface area contributed by atoms with E-state index in [-0.39, 0.29) is 11.6 Å². The molecule has 0 aliphatic heterocycles. The van der Waals surface area contributed by atoms with E-state index in [0.717, 1.165) is 5.56 Å². The zero-order chi connectivity index (χ0) is 18.4. The molecule has 4 rings (SSSR count). The summed E-state index contributed by atoms with van der Waals surface area (Å²) >= 11 is 0. The second-order valence-corrected chi connectivity index (χ2v) is 5.82. The number of nitrogens with two attached hydrogens (primary N) is 1. The summed E-state index contributed by atoms with van der Waals surface area (Å²) in [5, 5.41) is 13.4. The van der Waals surface area contributed by atoms with E-state index >= 15 is 0 Å². The molecule has 0 radical (unpaired) electrons. The van der Waals surface area contributed by atoms with Crippen molar-refractivity contribution < 1.29 is 8.78 Å². The first kappa shape index (κ1) is 16.0. The van der Waals surface area contributed by atoms with Crippen LogP contribution < -0.4 is 5.73 Å². The minimum absolute atomic E-state index is 0.00251. The molecule has 0 unspecified atom stereocenters. The monoisotopic (exact) mass is 353 g/mol. The number of imidazole rings is 1. The molecule has 3 aromatic heterocycles. The number of aromatic nitrogens is 5. The van der Waals surface area contributed by atoms with Gasteiger partial charge in [-0.05, 0) is 30.7 Å². The van der Waals surface area contributed by atoms with Crippen molar-refractivity contribution in [2.24, 2.45) is 0 Å². The average molecular weight is 353 g/mol. The Morgan fingerprint density at radius 1 is 1.27 bits per heavy atom. The number of anilines is 1. The normalized spacial score (nSPS) is 11.5. The van der Waals surface area contributed by atoms with Crippen molar-refractivity contribution in [1.82, 2.24) is 24.1 Å². The standard InChI is InChI=1S/C17H13F2N7/c1-9-22-12-3-2-10(6-14(12)25(9)8-15(18)19)11-4-5-26-16(11)13(7-20)23-17(21)24-26/h2-6,15H,8H2,1H3,(H2,21,24). The topological polar surface area (TPSA) is 97.8 Å². The summed E-state index contributed by atoms with van der Waals surface area (Å²) in [6.07, 6.45) is -0.804. The summed E-state index contributed by atoms with van der Waals surface area (Å²) in [5.41, 5.74) is 8.98. The van der Waals surface area contributed by atoms with Gasteiger partial charge in [0, 0.05) is 11.8 Å². The second-order valence-electron chi connectivity index (χ2n) is 5.82. The Morgan fingerprint density at radius 2 is 2.08 bits per heavy atom. The van der Waals surface area contributed by atoms with Crippen LogP contribution >= 0.6 is 0 Å². The maximum Gasteiger partial charge on any atom is 0.256 e. The van der Waals surface area contributed by atoms with Crippen LogP contribution in [0.25, 0.3) is 27.7 Å². The number of alkyl halides is 2. The van der Waals surface area contributed by atoms with E-state index in [1.807, 2.05) is 12.1 Å². The van der Waals surface area contributed by atoms with Crippen LogP contribution in [0.1, 0.15) is 11.5 Å². The number of rotatable bonds is 3. The molecule has 0 aliphatic carbocycles. The van der Waals surface area contributed by atoms with E-state index < -0.39 is 13.0 Å². The maximum atomic E-state index is 12.9. The lowest BCUT2D eigenvalue weighted by Gasteiger charge is -2.07. The third-order valence-electron chi connectivity index (χ3n) is 4.20. The van der Waals surface area contributed by atoms with Crippen molar-refractivity contribution >= 4 is 22.5 Å². The molecule has 130 valence electrons. The van der Waals surface area contributed by atoms with Crippen molar-refractivity contribution in [1.29, 1.82) is 5.26 Å². The lowest BCUT2D eigenvalue weighted by atomic mass is 10.1. The van der Waals surface area contributed by atoms with Gasteiger partial charge in [0.2, 0.25) is 5.95 Å². The van der Waals surface area contributed by atoms with Gasteiger partial charge in [-0.1, -0.05) is 6.07 Å². The first-order chi connectivity index (χ1) is 12.5. The van der Waals surface area contributed by atoms with Crippen LogP contribution in [0, 0.1) is 18.3 Å². The van der Waals surface area contributed by atoms with Crippen LogP contribution in [0.15, 0.2) is 30.5 Å². The molecule has 26 heavy (non-hydrogen) atoms. The second kappa shape index (κ2) is 5.77. The number of fused-ring (bicyclic) bond motifs is 2. The third-order valence-corrected chi connectivity index (χ3v) is 4.20. The minimum Gasteiger partial charge on any atom is -0.367 e. The van der Waals surface area contributed by atoms with Gasteiger partial charge in [-0.3, -0.25) is 0 Å². The number of hydrogen-bond acceptors (Lipinski definition) is 5. The fourth-order valence-electron chi connectivity index (χ4n) is 3.13. The van der Waals surface area contributed by atoms with Crippen molar-refractivity contribution in [3.05, 3.63) is 42.0 Å². The van der Waals surface area contributed by atoms with Crippen LogP contribution in [0.5, 0.6) is 0 Å². The summed E-state index contributed by atoms with van der Waals surface area (Å²) in [4.78, 5) is 8.30. The van der Waals surface area contributed by atoms with E-state index in [1.54, 1.807) is 31.3 Å². The molecule has 0 atom stereocenters. The van der Waals surface area contributed by atoms with Gasteiger partial charge < -0.3 is 10.3 Å². The van der Waals surface area contributed by atoms with Gasteiger partial charge in [-0.25, -0.2) is 18.3 Å². The van der Waals surface area contributed by atoms with E-state index in [2.05, 4.69) is 15.1 Å². The smallest absolute Gasteiger partial charge is 0.256 e. The Kier molecular flexibility index (Phi) is 3.54. The highest BCUT2D eigenvalue weighted by molar-refractivity contribution is 5.89. The molecule has 0 bridgehead atoms. The highest BCUT2D eigenvalue weighted by Crippen LogP contribution is 2.30. The number of nitriles is 1. The minimum atomic E-state index is -2.48. The molecule has 4 aromatic rings. The molecular formula is C17H13F2N7. The average Bonchev–Trinajstić information content (AvgIpc) is 3.15. The summed E-state index contributed by atoms with van der Waals surface area (Å²) < 4.78 is 28.8. The molecule has 0 spiro atoms. The zero-order valence-electron chi connectivity index (χ0n) is 13.7. The van der Waals surface area contributed by atoms with Crippen molar-refractivity contribution in [2.75, 3.05) is 5.73 Å². The number of nitrogens with zero attached hydrogens (tertiary/aromatic N) is 6. The van der Waals surface area contributed by atoms with Gasteiger partial charge in [0.1, 0.15) is 17.4 Å². The molecule has 3 heterocycles. The van der Waals surface area contributed by atoms with Crippen molar-refractivity contribution in [3.8, 4) is 17.2 Å². The fraction of sp³-hybridized carbons (Fsp3) is 0.176. The predicted molar refractivity (Wildman–Crippen MR) is 91.6 cm³/mol. The predicted octanol–water partition coefficient (Wildman–Crippen LogP) is 2.77. The van der Waals surface area contributed by atoms with Crippen LogP contribution in [-0.2, 0) is 6.54 Å². The number of hydrogen-bond donors (Lipinski definition) is 1. The van der Waals surface area contributed by atoms with Crippen LogP contribution in [-0.4, -0.2) is 30.6 Å². The Bertz CT molecular complexity index is 1180. The maximum absolute atomic E-state index is 12.9. The number of halogens is 2. The van der Waals surface area contributed by atoms with Gasteiger partial charge in [0.05, 0.1) is 17.6 Å². The summed E-state index contributed by atoms with van der Waals surface area (Å²) in [6.45, 7) is 1.27. The van der Waals surface area contributed by atoms with Gasteiger partial charge in [-0.15, -0.1) is 5.10 Å². The molecule has 2 N–H and O–H groups in total. The van der Waals surface area contributed by atoms with Crippen LogP contribution in [0.4, 0.5) is 14.7 Å². The molecule has 7 nitrogen and oxygen atoms in total. The first-order valence-corrected chi connectivity index (χ1v) is 7.78. The number of aryl methyl sites for hydroxylation is 1. The largest absolute Gasteiger partial charge is 0.367 e. The van der Waals surface area contributed by atoms with Crippen LogP contribution in [0.3, 0.4) is 0 Å². The molecular weight excluding hydrogens is 340 g/mol. The number of nitrogen functional groups attached to an aromatic ring is 1. The Labute approximate surface area is 146 Å². The van der Waals surface area contributed by atoms with Gasteiger partial charge >= 0.3 is 0 Å². The molecule has 0 saturated carbocycles. The summed E-state index contributed by atoms with van der Waals surface area (Å²) in [5.74, 6) is 0.519. The first-order valence-electron chi connectivity index (χ1n) is 7.78. The highest BCUT2D eigenvalue weighted by Gasteiger charge is 2.16. The lowest BCUT2D eigenvalue weighted by molar-refractivity contribution is 0.127. The van der Waals surface area contributed by atoms with E-state index in [4.69, 9.17) is 5.73 Å². The fourth-order valence-corrected chi connectivity index (χ4v) is 3.13. The van der Waals surface area contributed by atoms with Crippen molar-refractivity contribution in [3.63, 3.8) is 0 Å². The molecule has 0 aliphatic rings. The Morgan fingerprint density at radius 3 is 2.81 bits per heavy atom. The van der Waals surface area contributed by atoms with Crippen molar-refractivity contribution in [2.45, 2.75) is 19.9 Å². The summed E-state index contributed by atoms with van der Waals surface area (Å²) in [7, 11) is 0. The molecule has 9 heteroatoms. The number of benzene rings is 1. The zero-order valence-corrected chi connectivity index (χ0v) is 13.7. The molecule has 0 fully saturated rings. The van der Waals surface area contributed by atoms with E-state index in [0.29, 0.717) is 27.9 Å². The SMILES string of the molecule is Cc1nc2ccc(-c3ccn4nc(N)nc(C#N)c34)cc2n1CC(F)F.